The molecule has 0 bridgehead atoms. The average molecular weight is 456 g/mol. The zero-order chi connectivity index (χ0) is 22.4. The Morgan fingerprint density at radius 1 is 1.17 bits per heavy atom. The lowest BCUT2D eigenvalue weighted by Crippen LogP contribution is -2.13. The van der Waals surface area contributed by atoms with Crippen LogP contribution in [0.15, 0.2) is 47.4 Å². The van der Waals surface area contributed by atoms with Gasteiger partial charge in [-0.1, -0.05) is 44.5 Å². The van der Waals surface area contributed by atoms with Gasteiger partial charge in [-0.25, -0.2) is 13.2 Å². The number of thioether (sulfide) groups is 1. The van der Waals surface area contributed by atoms with Crippen molar-refractivity contribution < 1.29 is 18.0 Å². The smallest absolute Gasteiger partial charge is 0.255 e. The molecule has 1 amide bonds. The minimum absolute atomic E-state index is 0.168. The molecule has 2 nitrogen and oxygen atoms in total. The molecule has 0 aromatic heterocycles. The second kappa shape index (κ2) is 10.9. The van der Waals surface area contributed by atoms with Crippen molar-refractivity contribution in [1.29, 1.82) is 0 Å². The van der Waals surface area contributed by atoms with Crippen LogP contribution in [0, 0.1) is 23.4 Å². The number of halogens is 4. The van der Waals surface area contributed by atoms with E-state index in [1.54, 1.807) is 23.9 Å². The quantitative estimate of drug-likeness (QED) is 0.237. The summed E-state index contributed by atoms with van der Waals surface area (Å²) in [7, 11) is 0. The third-order valence-electron chi connectivity index (χ3n) is 4.95. The second-order valence-corrected chi connectivity index (χ2v) is 8.90. The SMILES string of the molecule is C=C(CC)C(C)CC(CC)Sc1cc(C(=O)Nc2cc(F)c(F)c(F)c2)ccc1Cl. The largest absolute Gasteiger partial charge is 0.322 e. The van der Waals surface area contributed by atoms with E-state index in [0.29, 0.717) is 16.2 Å². The average Bonchev–Trinajstić information content (AvgIpc) is 2.71. The molecule has 2 unspecified atom stereocenters. The van der Waals surface area contributed by atoms with Gasteiger partial charge in [-0.3, -0.25) is 4.79 Å². The zero-order valence-electron chi connectivity index (χ0n) is 17.2. The van der Waals surface area contributed by atoms with Crippen LogP contribution in [-0.2, 0) is 0 Å². The molecule has 2 aromatic rings. The molecule has 7 heteroatoms. The van der Waals surface area contributed by atoms with Crippen LogP contribution >= 0.6 is 23.4 Å². The molecule has 0 fully saturated rings. The van der Waals surface area contributed by atoms with E-state index in [9.17, 15) is 18.0 Å². The van der Waals surface area contributed by atoms with Gasteiger partial charge in [-0.15, -0.1) is 11.8 Å². The van der Waals surface area contributed by atoms with Crippen LogP contribution in [0.3, 0.4) is 0 Å². The molecule has 0 aliphatic heterocycles. The number of carbonyl (C=O) groups excluding carboxylic acids is 1. The van der Waals surface area contributed by atoms with Crippen molar-refractivity contribution in [2.45, 2.75) is 50.2 Å². The van der Waals surface area contributed by atoms with Crippen LogP contribution in [0.2, 0.25) is 5.02 Å². The highest BCUT2D eigenvalue weighted by Crippen LogP contribution is 2.36. The number of hydrogen-bond donors (Lipinski definition) is 1. The Morgan fingerprint density at radius 3 is 2.37 bits per heavy atom. The van der Waals surface area contributed by atoms with Gasteiger partial charge in [0, 0.05) is 33.5 Å². The first-order valence-corrected chi connectivity index (χ1v) is 11.0. The van der Waals surface area contributed by atoms with Gasteiger partial charge in [-0.2, -0.15) is 0 Å². The molecule has 0 aliphatic rings. The van der Waals surface area contributed by atoms with Crippen molar-refractivity contribution in [1.82, 2.24) is 0 Å². The topological polar surface area (TPSA) is 29.1 Å². The van der Waals surface area contributed by atoms with Crippen molar-refractivity contribution >= 4 is 35.0 Å². The van der Waals surface area contributed by atoms with E-state index >= 15 is 0 Å². The summed E-state index contributed by atoms with van der Waals surface area (Å²) in [5.74, 6) is -4.51. The number of allylic oxidation sites excluding steroid dienone is 1. The van der Waals surface area contributed by atoms with Gasteiger partial charge >= 0.3 is 0 Å². The second-order valence-electron chi connectivity index (χ2n) is 7.15. The standard InChI is InChI=1S/C23H25ClF3NOS/c1-5-13(3)14(4)9-17(6-2)30-21-10-15(7-8-18(21)24)23(29)28-16-11-19(25)22(27)20(26)12-16/h7-8,10-12,14,17H,3,5-6,9H2,1-2,4H3,(H,28,29). The van der Waals surface area contributed by atoms with Crippen molar-refractivity contribution in [3.63, 3.8) is 0 Å². The Balaban J connectivity index is 2.17. The Hall–Kier alpha value is -1.92. The van der Waals surface area contributed by atoms with Gasteiger partial charge in [-0.05, 0) is 43.4 Å². The predicted octanol–water partition coefficient (Wildman–Crippen LogP) is 7.87. The van der Waals surface area contributed by atoms with E-state index < -0.39 is 23.4 Å². The predicted molar refractivity (Wildman–Crippen MR) is 119 cm³/mol. The molecule has 2 aromatic carbocycles. The molecule has 30 heavy (non-hydrogen) atoms. The minimum atomic E-state index is -1.58. The lowest BCUT2D eigenvalue weighted by atomic mass is 9.95. The molecule has 162 valence electrons. The lowest BCUT2D eigenvalue weighted by Gasteiger charge is -2.21. The Labute approximate surface area is 184 Å². The van der Waals surface area contributed by atoms with Crippen molar-refractivity contribution in [3.05, 3.63) is 70.5 Å². The number of benzene rings is 2. The molecule has 0 spiro atoms. The summed E-state index contributed by atoms with van der Waals surface area (Å²) in [6, 6.07) is 6.26. The number of amides is 1. The van der Waals surface area contributed by atoms with Gasteiger partial charge < -0.3 is 5.32 Å². The number of hydrogen-bond acceptors (Lipinski definition) is 2. The summed E-state index contributed by atoms with van der Waals surface area (Å²) in [5, 5.41) is 3.20. The first kappa shape index (κ1) is 24.4. The van der Waals surface area contributed by atoms with Crippen molar-refractivity contribution in [2.75, 3.05) is 5.32 Å². The molecule has 2 rings (SSSR count). The maximum atomic E-state index is 13.4. The molecule has 2 atom stereocenters. The first-order chi connectivity index (χ1) is 14.2. The minimum Gasteiger partial charge on any atom is -0.322 e. The summed E-state index contributed by atoms with van der Waals surface area (Å²) in [5.41, 5.74) is 1.32. The number of nitrogens with one attached hydrogen (secondary N) is 1. The summed E-state index contributed by atoms with van der Waals surface area (Å²) >= 11 is 7.93. The monoisotopic (exact) mass is 455 g/mol. The van der Waals surface area contributed by atoms with E-state index in [-0.39, 0.29) is 11.3 Å². The molecule has 0 saturated carbocycles. The van der Waals surface area contributed by atoms with Gasteiger partial charge in [0.2, 0.25) is 0 Å². The molecule has 0 saturated heterocycles. The van der Waals surface area contributed by atoms with Gasteiger partial charge in [0.05, 0.1) is 5.02 Å². The fraction of sp³-hybridized carbons (Fsp3) is 0.348. The molecular formula is C23H25ClF3NOS. The van der Waals surface area contributed by atoms with E-state index in [1.807, 2.05) is 0 Å². The van der Waals surface area contributed by atoms with E-state index in [1.165, 1.54) is 11.6 Å². The number of rotatable bonds is 9. The number of carbonyl (C=O) groups is 1. The third kappa shape index (κ3) is 6.29. The fourth-order valence-corrected chi connectivity index (χ4v) is 4.49. The Morgan fingerprint density at radius 2 is 1.80 bits per heavy atom. The maximum Gasteiger partial charge on any atom is 0.255 e. The maximum absolute atomic E-state index is 13.4. The summed E-state index contributed by atoms with van der Waals surface area (Å²) < 4.78 is 39.9. The van der Waals surface area contributed by atoms with Gasteiger partial charge in [0.1, 0.15) is 0 Å². The zero-order valence-corrected chi connectivity index (χ0v) is 18.8. The Bertz CT molecular complexity index is 912. The van der Waals surface area contributed by atoms with Gasteiger partial charge in [0.15, 0.2) is 17.5 Å². The van der Waals surface area contributed by atoms with Crippen LogP contribution < -0.4 is 5.32 Å². The first-order valence-electron chi connectivity index (χ1n) is 9.75. The number of anilines is 1. The highest BCUT2D eigenvalue weighted by molar-refractivity contribution is 8.00. The van der Waals surface area contributed by atoms with E-state index in [0.717, 1.165) is 36.3 Å². The normalized spacial score (nSPS) is 13.0. The molecule has 0 aliphatic carbocycles. The highest BCUT2D eigenvalue weighted by atomic mass is 35.5. The van der Waals surface area contributed by atoms with E-state index in [2.05, 4.69) is 32.7 Å². The summed E-state index contributed by atoms with van der Waals surface area (Å²) in [6.07, 6.45) is 2.80. The summed E-state index contributed by atoms with van der Waals surface area (Å²) in [6.45, 7) is 10.5. The lowest BCUT2D eigenvalue weighted by molar-refractivity contribution is 0.102. The molecule has 1 N–H and O–H groups in total. The van der Waals surface area contributed by atoms with Gasteiger partial charge in [0.25, 0.3) is 5.91 Å². The van der Waals surface area contributed by atoms with Crippen LogP contribution in [0.4, 0.5) is 18.9 Å². The molecule has 0 heterocycles. The molecular weight excluding hydrogens is 431 g/mol. The van der Waals surface area contributed by atoms with Crippen LogP contribution in [0.1, 0.15) is 50.4 Å². The van der Waals surface area contributed by atoms with E-state index in [4.69, 9.17) is 11.6 Å². The van der Waals surface area contributed by atoms with Crippen LogP contribution in [0.5, 0.6) is 0 Å². The van der Waals surface area contributed by atoms with Crippen LogP contribution in [-0.4, -0.2) is 11.2 Å². The molecule has 0 radical (unpaired) electrons. The summed E-state index contributed by atoms with van der Waals surface area (Å²) in [4.78, 5) is 13.3. The van der Waals surface area contributed by atoms with Crippen LogP contribution in [0.25, 0.3) is 0 Å². The van der Waals surface area contributed by atoms with Crippen molar-refractivity contribution in [3.8, 4) is 0 Å². The highest BCUT2D eigenvalue weighted by Gasteiger charge is 2.18. The Kier molecular flexibility index (Phi) is 8.86. The van der Waals surface area contributed by atoms with Crippen molar-refractivity contribution in [2.24, 2.45) is 5.92 Å². The fourth-order valence-electron chi connectivity index (χ4n) is 2.95. The third-order valence-corrected chi connectivity index (χ3v) is 6.84.